The summed E-state index contributed by atoms with van der Waals surface area (Å²) in [7, 11) is 1.82. The number of para-hydroxylation sites is 1. The highest BCUT2D eigenvalue weighted by Gasteiger charge is 2.22. The average Bonchev–Trinajstić information content (AvgIpc) is 2.74. The summed E-state index contributed by atoms with van der Waals surface area (Å²) >= 11 is 0. The Labute approximate surface area is 165 Å². The minimum absolute atomic E-state index is 0.0181. The normalized spacial score (nSPS) is 15.5. The molecule has 0 aliphatic carbocycles. The molecule has 1 amide bonds. The molecule has 1 aliphatic rings. The van der Waals surface area contributed by atoms with Gasteiger partial charge in [-0.05, 0) is 47.5 Å². The first kappa shape index (κ1) is 18.3. The van der Waals surface area contributed by atoms with E-state index in [0.717, 1.165) is 12.2 Å². The largest absolute Gasteiger partial charge is 0.457 e. The molecular weight excluding hydrogens is 350 g/mol. The van der Waals surface area contributed by atoms with Gasteiger partial charge in [-0.15, -0.1) is 0 Å². The Morgan fingerprint density at radius 2 is 1.57 bits per heavy atom. The number of nitrogens with zero attached hydrogens (tertiary/aromatic N) is 1. The van der Waals surface area contributed by atoms with Gasteiger partial charge in [-0.3, -0.25) is 4.79 Å². The van der Waals surface area contributed by atoms with Crippen molar-refractivity contribution in [2.75, 3.05) is 13.6 Å². The Bertz CT molecular complexity index is 938. The summed E-state index contributed by atoms with van der Waals surface area (Å²) in [6.45, 7) is 1.17. The van der Waals surface area contributed by atoms with Gasteiger partial charge in [0.05, 0.1) is 12.7 Å². The third-order valence-corrected chi connectivity index (χ3v) is 4.94. The molecule has 0 radical (unpaired) electrons. The minimum atomic E-state index is -0.0197. The maximum atomic E-state index is 12.8. The van der Waals surface area contributed by atoms with Crippen LogP contribution in [0.3, 0.4) is 0 Å². The number of carbonyl (C=O) groups excluding carboxylic acids is 1. The zero-order valence-corrected chi connectivity index (χ0v) is 15.9. The highest BCUT2D eigenvalue weighted by molar-refractivity contribution is 5.94. The lowest BCUT2D eigenvalue weighted by Gasteiger charge is -2.29. The zero-order valence-electron chi connectivity index (χ0n) is 15.9. The van der Waals surface area contributed by atoms with Gasteiger partial charge in [0.2, 0.25) is 0 Å². The standard InChI is InChI=1S/C24H23NO3/c1-25(16-23-15-19-7-5-6-8-20(19)17-27-23)24(26)18-11-13-22(14-12-18)28-21-9-3-2-4-10-21/h2-14,23H,15-17H2,1H3. The summed E-state index contributed by atoms with van der Waals surface area (Å²) in [6.07, 6.45) is 0.849. The molecule has 1 aliphatic heterocycles. The number of carbonyl (C=O) groups is 1. The smallest absolute Gasteiger partial charge is 0.253 e. The van der Waals surface area contributed by atoms with Crippen LogP contribution in [0.5, 0.6) is 11.5 Å². The second kappa shape index (κ2) is 8.28. The number of hydrogen-bond donors (Lipinski definition) is 0. The van der Waals surface area contributed by atoms with Gasteiger partial charge in [0.25, 0.3) is 5.91 Å². The predicted molar refractivity (Wildman–Crippen MR) is 109 cm³/mol. The van der Waals surface area contributed by atoms with Gasteiger partial charge in [-0.1, -0.05) is 42.5 Å². The fraction of sp³-hybridized carbons (Fsp3) is 0.208. The molecule has 0 aromatic heterocycles. The molecule has 1 unspecified atom stereocenters. The molecule has 4 heteroatoms. The van der Waals surface area contributed by atoms with Crippen LogP contribution in [0.2, 0.25) is 0 Å². The second-order valence-electron chi connectivity index (χ2n) is 7.03. The van der Waals surface area contributed by atoms with Crippen molar-refractivity contribution in [1.29, 1.82) is 0 Å². The van der Waals surface area contributed by atoms with Crippen molar-refractivity contribution in [3.63, 3.8) is 0 Å². The van der Waals surface area contributed by atoms with E-state index in [1.165, 1.54) is 11.1 Å². The molecule has 3 aromatic carbocycles. The summed E-state index contributed by atoms with van der Waals surface area (Å²) in [5.41, 5.74) is 3.18. The molecule has 3 aromatic rings. The Kier molecular flexibility index (Phi) is 5.40. The summed E-state index contributed by atoms with van der Waals surface area (Å²) in [4.78, 5) is 14.5. The van der Waals surface area contributed by atoms with Crippen molar-refractivity contribution in [2.24, 2.45) is 0 Å². The first-order valence-corrected chi connectivity index (χ1v) is 9.46. The summed E-state index contributed by atoms with van der Waals surface area (Å²) in [5, 5.41) is 0. The van der Waals surface area contributed by atoms with Crippen LogP contribution < -0.4 is 4.74 Å². The van der Waals surface area contributed by atoms with E-state index in [0.29, 0.717) is 24.5 Å². The quantitative estimate of drug-likeness (QED) is 0.651. The Hall–Kier alpha value is -3.11. The van der Waals surface area contributed by atoms with Crippen LogP contribution in [0.15, 0.2) is 78.9 Å². The van der Waals surface area contributed by atoms with E-state index in [9.17, 15) is 4.79 Å². The van der Waals surface area contributed by atoms with Crippen molar-refractivity contribution in [3.8, 4) is 11.5 Å². The lowest BCUT2D eigenvalue weighted by atomic mass is 9.99. The molecule has 1 atom stereocenters. The minimum Gasteiger partial charge on any atom is -0.457 e. The van der Waals surface area contributed by atoms with Gasteiger partial charge < -0.3 is 14.4 Å². The van der Waals surface area contributed by atoms with Gasteiger partial charge >= 0.3 is 0 Å². The molecule has 142 valence electrons. The molecular formula is C24H23NO3. The molecule has 1 heterocycles. The van der Waals surface area contributed by atoms with Gasteiger partial charge in [-0.2, -0.15) is 0 Å². The highest BCUT2D eigenvalue weighted by Crippen LogP contribution is 2.23. The van der Waals surface area contributed by atoms with Crippen molar-refractivity contribution in [1.82, 2.24) is 4.90 Å². The Morgan fingerprint density at radius 3 is 2.32 bits per heavy atom. The second-order valence-corrected chi connectivity index (χ2v) is 7.03. The van der Waals surface area contributed by atoms with Crippen molar-refractivity contribution in [2.45, 2.75) is 19.1 Å². The average molecular weight is 373 g/mol. The number of fused-ring (bicyclic) bond motifs is 1. The fourth-order valence-electron chi connectivity index (χ4n) is 3.43. The van der Waals surface area contributed by atoms with Crippen LogP contribution in [0.1, 0.15) is 21.5 Å². The number of hydrogen-bond acceptors (Lipinski definition) is 3. The van der Waals surface area contributed by atoms with Crippen LogP contribution in [-0.4, -0.2) is 30.5 Å². The number of benzene rings is 3. The number of rotatable bonds is 5. The van der Waals surface area contributed by atoms with E-state index in [2.05, 4.69) is 18.2 Å². The van der Waals surface area contributed by atoms with Crippen LogP contribution in [0, 0.1) is 0 Å². The maximum absolute atomic E-state index is 12.8. The first-order chi connectivity index (χ1) is 13.7. The lowest BCUT2D eigenvalue weighted by Crippen LogP contribution is -2.38. The van der Waals surface area contributed by atoms with E-state index < -0.39 is 0 Å². The van der Waals surface area contributed by atoms with E-state index >= 15 is 0 Å². The maximum Gasteiger partial charge on any atom is 0.253 e. The summed E-state index contributed by atoms with van der Waals surface area (Å²) in [5.74, 6) is 1.46. The van der Waals surface area contributed by atoms with E-state index in [-0.39, 0.29) is 12.0 Å². The lowest BCUT2D eigenvalue weighted by molar-refractivity contribution is 0.00985. The van der Waals surface area contributed by atoms with Crippen LogP contribution in [0.4, 0.5) is 0 Å². The predicted octanol–water partition coefficient (Wildman–Crippen LogP) is 4.69. The van der Waals surface area contributed by atoms with E-state index in [1.54, 1.807) is 17.0 Å². The molecule has 0 saturated carbocycles. The van der Waals surface area contributed by atoms with Gasteiger partial charge in [0, 0.05) is 25.6 Å². The zero-order chi connectivity index (χ0) is 19.3. The molecule has 0 N–H and O–H groups in total. The number of amides is 1. The molecule has 0 fully saturated rings. The van der Waals surface area contributed by atoms with E-state index in [1.807, 2.05) is 55.6 Å². The van der Waals surface area contributed by atoms with Crippen molar-refractivity contribution in [3.05, 3.63) is 95.6 Å². The summed E-state index contributed by atoms with van der Waals surface area (Å²) < 4.78 is 11.7. The SMILES string of the molecule is CN(CC1Cc2ccccc2CO1)C(=O)c1ccc(Oc2ccccc2)cc1. The number of likely N-dealkylation sites (N-methyl/N-ethyl adjacent to an activating group) is 1. The number of ether oxygens (including phenoxy) is 2. The van der Waals surface area contributed by atoms with Crippen LogP contribution in [-0.2, 0) is 17.8 Å². The molecule has 0 spiro atoms. The fourth-order valence-corrected chi connectivity index (χ4v) is 3.43. The van der Waals surface area contributed by atoms with E-state index in [4.69, 9.17) is 9.47 Å². The molecule has 28 heavy (non-hydrogen) atoms. The Balaban J connectivity index is 1.36. The first-order valence-electron chi connectivity index (χ1n) is 9.46. The third kappa shape index (κ3) is 4.24. The Morgan fingerprint density at radius 1 is 0.929 bits per heavy atom. The highest BCUT2D eigenvalue weighted by atomic mass is 16.5. The third-order valence-electron chi connectivity index (χ3n) is 4.94. The molecule has 4 rings (SSSR count). The molecule has 0 saturated heterocycles. The van der Waals surface area contributed by atoms with Crippen molar-refractivity contribution < 1.29 is 14.3 Å². The van der Waals surface area contributed by atoms with Gasteiger partial charge in [0.15, 0.2) is 0 Å². The van der Waals surface area contributed by atoms with Gasteiger partial charge in [-0.25, -0.2) is 0 Å². The van der Waals surface area contributed by atoms with Crippen molar-refractivity contribution >= 4 is 5.91 Å². The van der Waals surface area contributed by atoms with Gasteiger partial charge in [0.1, 0.15) is 11.5 Å². The summed E-state index contributed by atoms with van der Waals surface area (Å²) in [6, 6.07) is 25.1. The molecule has 0 bridgehead atoms. The molecule has 4 nitrogen and oxygen atoms in total. The monoisotopic (exact) mass is 373 g/mol. The van der Waals surface area contributed by atoms with Crippen LogP contribution >= 0.6 is 0 Å². The topological polar surface area (TPSA) is 38.8 Å². The van der Waals surface area contributed by atoms with Crippen LogP contribution in [0.25, 0.3) is 0 Å².